The molecule has 0 fully saturated rings. The number of carbonyl (C=O) groups is 2. The van der Waals surface area contributed by atoms with Crippen LogP contribution in [0.2, 0.25) is 0 Å². The van der Waals surface area contributed by atoms with Gasteiger partial charge >= 0.3 is 5.97 Å². The van der Waals surface area contributed by atoms with Crippen LogP contribution < -0.4 is 5.32 Å². The number of unbranched alkanes of at least 4 members (excludes halogenated alkanes) is 15. The Morgan fingerprint density at radius 3 is 1.74 bits per heavy atom. The number of aliphatic carboxylic acids is 1. The SMILES string of the molecule is O=C(O)CCCCCCCCCCCCCCCCCCC(=O)Nc1ccccc1C#CC#Cc1cccc([N+](=O)[O-])c1. The van der Waals surface area contributed by atoms with Gasteiger partial charge in [-0.15, -0.1) is 0 Å². The summed E-state index contributed by atoms with van der Waals surface area (Å²) < 4.78 is 0. The Morgan fingerprint density at radius 2 is 1.19 bits per heavy atom. The minimum Gasteiger partial charge on any atom is -0.481 e. The molecule has 43 heavy (non-hydrogen) atoms. The van der Waals surface area contributed by atoms with Gasteiger partial charge in [0.15, 0.2) is 0 Å². The number of rotatable bonds is 21. The quantitative estimate of drug-likeness (QED) is 0.0656. The number of carboxylic acid groups (broad SMARTS) is 1. The van der Waals surface area contributed by atoms with Crippen molar-refractivity contribution in [3.8, 4) is 23.7 Å². The second kappa shape index (κ2) is 22.5. The fourth-order valence-corrected chi connectivity index (χ4v) is 4.85. The summed E-state index contributed by atoms with van der Waals surface area (Å²) in [6, 6.07) is 13.5. The minimum atomic E-state index is -0.685. The molecule has 0 aliphatic carbocycles. The molecule has 0 spiro atoms. The number of hydrogen-bond donors (Lipinski definition) is 2. The van der Waals surface area contributed by atoms with Gasteiger partial charge in [-0.25, -0.2) is 0 Å². The van der Waals surface area contributed by atoms with Crippen LogP contribution in [0.3, 0.4) is 0 Å². The van der Waals surface area contributed by atoms with Gasteiger partial charge in [-0.2, -0.15) is 0 Å². The van der Waals surface area contributed by atoms with Crippen LogP contribution in [0.4, 0.5) is 11.4 Å². The molecule has 1 amide bonds. The highest BCUT2D eigenvalue weighted by Crippen LogP contribution is 2.17. The van der Waals surface area contributed by atoms with Crippen molar-refractivity contribution in [3.63, 3.8) is 0 Å². The topological polar surface area (TPSA) is 110 Å². The average Bonchev–Trinajstić information content (AvgIpc) is 2.99. The van der Waals surface area contributed by atoms with Crippen LogP contribution in [0, 0.1) is 33.8 Å². The van der Waals surface area contributed by atoms with Gasteiger partial charge in [0.05, 0.1) is 10.6 Å². The van der Waals surface area contributed by atoms with E-state index in [1.165, 1.54) is 76.3 Å². The summed E-state index contributed by atoms with van der Waals surface area (Å²) in [7, 11) is 0. The number of hydrogen-bond acceptors (Lipinski definition) is 4. The molecule has 2 aromatic carbocycles. The van der Waals surface area contributed by atoms with E-state index in [-0.39, 0.29) is 11.6 Å². The van der Waals surface area contributed by atoms with Crippen LogP contribution in [0.5, 0.6) is 0 Å². The molecule has 2 rings (SSSR count). The summed E-state index contributed by atoms with van der Waals surface area (Å²) >= 11 is 0. The first-order valence-electron chi connectivity index (χ1n) is 15.8. The third-order valence-corrected chi connectivity index (χ3v) is 7.27. The Kier molecular flexibility index (Phi) is 18.4. The lowest BCUT2D eigenvalue weighted by molar-refractivity contribution is -0.384. The number of carbonyl (C=O) groups excluding carboxylic acids is 1. The number of nitrogens with zero attached hydrogens (tertiary/aromatic N) is 1. The molecule has 0 bridgehead atoms. The lowest BCUT2D eigenvalue weighted by atomic mass is 10.0. The van der Waals surface area contributed by atoms with Gasteiger partial charge in [-0.3, -0.25) is 19.7 Å². The summed E-state index contributed by atoms with van der Waals surface area (Å²) in [5.74, 6) is 10.6. The van der Waals surface area contributed by atoms with E-state index in [0.29, 0.717) is 29.7 Å². The summed E-state index contributed by atoms with van der Waals surface area (Å²) in [6.07, 6.45) is 19.7. The fraction of sp³-hybridized carbons (Fsp3) is 0.500. The van der Waals surface area contributed by atoms with E-state index in [4.69, 9.17) is 5.11 Å². The molecule has 0 atom stereocenters. The fourth-order valence-electron chi connectivity index (χ4n) is 4.85. The molecule has 0 saturated heterocycles. The minimum absolute atomic E-state index is 0.0121. The highest BCUT2D eigenvalue weighted by atomic mass is 16.6. The van der Waals surface area contributed by atoms with Crippen molar-refractivity contribution in [2.75, 3.05) is 5.32 Å². The number of benzene rings is 2. The maximum absolute atomic E-state index is 12.5. The Morgan fingerprint density at radius 1 is 0.674 bits per heavy atom. The zero-order valence-electron chi connectivity index (χ0n) is 25.4. The van der Waals surface area contributed by atoms with Gasteiger partial charge in [0, 0.05) is 36.1 Å². The van der Waals surface area contributed by atoms with Gasteiger partial charge < -0.3 is 10.4 Å². The molecule has 0 aliphatic rings. The normalized spacial score (nSPS) is 10.2. The number of nitro benzene ring substituents is 1. The predicted octanol–water partition coefficient (Wildman–Crippen LogP) is 9.04. The zero-order chi connectivity index (χ0) is 31.0. The number of nitrogens with one attached hydrogen (secondary N) is 1. The molecule has 0 saturated carbocycles. The van der Waals surface area contributed by atoms with Crippen molar-refractivity contribution >= 4 is 23.3 Å². The second-order valence-electron chi connectivity index (χ2n) is 11.0. The van der Waals surface area contributed by atoms with E-state index < -0.39 is 10.9 Å². The number of amides is 1. The first kappa shape index (κ1) is 35.1. The molecule has 230 valence electrons. The van der Waals surface area contributed by atoms with Crippen molar-refractivity contribution in [2.24, 2.45) is 0 Å². The molecule has 0 aliphatic heterocycles. The van der Waals surface area contributed by atoms with Crippen LogP contribution in [-0.4, -0.2) is 21.9 Å². The van der Waals surface area contributed by atoms with Crippen LogP contribution >= 0.6 is 0 Å². The number of anilines is 1. The van der Waals surface area contributed by atoms with Crippen LogP contribution in [0.25, 0.3) is 0 Å². The number of nitro groups is 1. The molecule has 2 N–H and O–H groups in total. The first-order valence-corrected chi connectivity index (χ1v) is 15.8. The number of carboxylic acids is 1. The van der Waals surface area contributed by atoms with Crippen molar-refractivity contribution in [2.45, 2.75) is 116 Å². The third-order valence-electron chi connectivity index (χ3n) is 7.27. The standard InChI is InChI=1S/C36H46N2O5/c39-35(28-15-13-11-9-7-5-3-1-2-4-6-8-10-12-14-16-29-36(40)41)37-34-27-20-19-25-32(34)24-18-17-22-31-23-21-26-33(30-31)38(42)43/h19-21,23,25-27,30H,1-16,28-29H2,(H,37,39)(H,40,41). The van der Waals surface area contributed by atoms with Gasteiger partial charge in [0.25, 0.3) is 5.69 Å². The monoisotopic (exact) mass is 586 g/mol. The van der Waals surface area contributed by atoms with Crippen LogP contribution in [0.1, 0.15) is 127 Å². The van der Waals surface area contributed by atoms with E-state index in [1.54, 1.807) is 12.1 Å². The van der Waals surface area contributed by atoms with Gasteiger partial charge in [-0.1, -0.05) is 120 Å². The van der Waals surface area contributed by atoms with Crippen LogP contribution in [-0.2, 0) is 9.59 Å². The van der Waals surface area contributed by atoms with Crippen molar-refractivity contribution in [1.29, 1.82) is 0 Å². The smallest absolute Gasteiger partial charge is 0.303 e. The lowest BCUT2D eigenvalue weighted by Crippen LogP contribution is -2.12. The highest BCUT2D eigenvalue weighted by Gasteiger charge is 2.06. The summed E-state index contributed by atoms with van der Waals surface area (Å²) in [5.41, 5.74) is 1.84. The summed E-state index contributed by atoms with van der Waals surface area (Å²) in [4.78, 5) is 33.4. The largest absolute Gasteiger partial charge is 0.481 e. The zero-order valence-corrected chi connectivity index (χ0v) is 25.4. The molecular weight excluding hydrogens is 540 g/mol. The van der Waals surface area contributed by atoms with Crippen LogP contribution in [0.15, 0.2) is 48.5 Å². The van der Waals surface area contributed by atoms with E-state index >= 15 is 0 Å². The van der Waals surface area contributed by atoms with E-state index in [2.05, 4.69) is 29.0 Å². The van der Waals surface area contributed by atoms with Gasteiger partial charge in [-0.05, 0) is 42.9 Å². The maximum Gasteiger partial charge on any atom is 0.303 e. The molecular formula is C36H46N2O5. The maximum atomic E-state index is 12.5. The molecule has 2 aromatic rings. The Balaban J connectivity index is 1.51. The van der Waals surface area contributed by atoms with E-state index in [1.807, 2.05) is 24.3 Å². The predicted molar refractivity (Wildman–Crippen MR) is 173 cm³/mol. The molecule has 7 nitrogen and oxygen atoms in total. The average molecular weight is 587 g/mol. The third kappa shape index (κ3) is 17.5. The molecule has 0 aromatic heterocycles. The lowest BCUT2D eigenvalue weighted by Gasteiger charge is -2.07. The van der Waals surface area contributed by atoms with Crippen molar-refractivity contribution in [1.82, 2.24) is 0 Å². The Labute approximate surface area is 257 Å². The molecule has 7 heteroatoms. The number of non-ortho nitro benzene ring substituents is 1. The van der Waals surface area contributed by atoms with Gasteiger partial charge in [0.1, 0.15) is 0 Å². The highest BCUT2D eigenvalue weighted by molar-refractivity contribution is 5.92. The second-order valence-corrected chi connectivity index (χ2v) is 11.0. The Hall–Kier alpha value is -4.10. The van der Waals surface area contributed by atoms with Crippen molar-refractivity contribution < 1.29 is 19.6 Å². The number of para-hydroxylation sites is 1. The summed E-state index contributed by atoms with van der Waals surface area (Å²) in [5, 5.41) is 22.5. The molecule has 0 heterocycles. The molecule has 0 radical (unpaired) electrons. The summed E-state index contributed by atoms with van der Waals surface area (Å²) in [6.45, 7) is 0. The Bertz CT molecular complexity index is 1270. The van der Waals surface area contributed by atoms with E-state index in [9.17, 15) is 19.7 Å². The molecule has 0 unspecified atom stereocenters. The first-order chi connectivity index (χ1) is 21.0. The van der Waals surface area contributed by atoms with Crippen molar-refractivity contribution in [3.05, 3.63) is 69.8 Å². The van der Waals surface area contributed by atoms with E-state index in [0.717, 1.165) is 38.5 Å². The van der Waals surface area contributed by atoms with Gasteiger partial charge in [0.2, 0.25) is 5.91 Å².